The smallest absolute Gasteiger partial charge is 0.341 e. The molecule has 3 heterocycles. The van der Waals surface area contributed by atoms with Gasteiger partial charge in [-0.2, -0.15) is 0 Å². The van der Waals surface area contributed by atoms with E-state index in [1.807, 2.05) is 7.05 Å². The summed E-state index contributed by atoms with van der Waals surface area (Å²) in [6.45, 7) is 1.07. The van der Waals surface area contributed by atoms with Gasteiger partial charge < -0.3 is 19.9 Å². The van der Waals surface area contributed by atoms with Crippen molar-refractivity contribution in [2.45, 2.75) is 12.5 Å². The number of carboxylic acid groups (broad SMARTS) is 1. The molecular formula is C24H21F3N4O3. The fourth-order valence-corrected chi connectivity index (χ4v) is 5.08. The highest BCUT2D eigenvalue weighted by atomic mass is 19.1. The lowest BCUT2D eigenvalue weighted by Gasteiger charge is -2.28. The van der Waals surface area contributed by atoms with E-state index in [1.54, 1.807) is 4.90 Å². The van der Waals surface area contributed by atoms with Crippen molar-refractivity contribution in [2.24, 2.45) is 11.8 Å². The number of carboxylic acids is 1. The van der Waals surface area contributed by atoms with Crippen LogP contribution in [0.5, 0.6) is 0 Å². The Hall–Kier alpha value is -3.66. The minimum atomic E-state index is -1.55. The SMILES string of the molecule is CN[C@@H]1C=CC[C@@H]2CN(c3ncc4c(=O)c(C(=O)O)cn(-c5ccc(F)cc5F)c4c3F)C[C@@H]21. The Bertz CT molecular complexity index is 1400. The number of anilines is 1. The summed E-state index contributed by atoms with van der Waals surface area (Å²) in [5.41, 5.74) is -2.22. The molecule has 0 bridgehead atoms. The normalized spacial score (nSPS) is 21.8. The number of hydrogen-bond donors (Lipinski definition) is 2. The zero-order valence-corrected chi connectivity index (χ0v) is 18.1. The van der Waals surface area contributed by atoms with Crippen LogP contribution in [0, 0.1) is 29.3 Å². The molecule has 0 saturated carbocycles. The highest BCUT2D eigenvalue weighted by Crippen LogP contribution is 2.37. The van der Waals surface area contributed by atoms with E-state index < -0.39 is 34.4 Å². The maximum atomic E-state index is 16.0. The van der Waals surface area contributed by atoms with Gasteiger partial charge in [-0.05, 0) is 31.5 Å². The molecule has 0 amide bonds. The third-order valence-corrected chi connectivity index (χ3v) is 6.73. The highest BCUT2D eigenvalue weighted by Gasteiger charge is 2.39. The second kappa shape index (κ2) is 8.28. The molecule has 1 aliphatic heterocycles. The van der Waals surface area contributed by atoms with Crippen molar-refractivity contribution >= 4 is 22.7 Å². The molecule has 5 rings (SSSR count). The number of nitrogens with zero attached hydrogens (tertiary/aromatic N) is 3. The molecule has 34 heavy (non-hydrogen) atoms. The molecule has 1 saturated heterocycles. The zero-order chi connectivity index (χ0) is 24.1. The number of carbonyl (C=O) groups is 1. The highest BCUT2D eigenvalue weighted by molar-refractivity contribution is 5.93. The van der Waals surface area contributed by atoms with Crippen LogP contribution >= 0.6 is 0 Å². The van der Waals surface area contributed by atoms with Crippen molar-refractivity contribution in [3.05, 3.63) is 76.0 Å². The molecule has 2 N–H and O–H groups in total. The minimum Gasteiger partial charge on any atom is -0.477 e. The quantitative estimate of drug-likeness (QED) is 0.570. The maximum Gasteiger partial charge on any atom is 0.341 e. The van der Waals surface area contributed by atoms with Gasteiger partial charge in [0.1, 0.15) is 17.2 Å². The fraction of sp³-hybridized carbons (Fsp3) is 0.292. The van der Waals surface area contributed by atoms with E-state index in [-0.39, 0.29) is 40.3 Å². The van der Waals surface area contributed by atoms with Crippen molar-refractivity contribution < 1.29 is 23.1 Å². The van der Waals surface area contributed by atoms with Crippen LogP contribution in [-0.4, -0.2) is 46.8 Å². The van der Waals surface area contributed by atoms with Crippen LogP contribution in [0.15, 0.2) is 47.5 Å². The molecule has 3 aromatic rings. The Kier molecular flexibility index (Phi) is 5.40. The van der Waals surface area contributed by atoms with E-state index in [4.69, 9.17) is 0 Å². The second-order valence-corrected chi connectivity index (χ2v) is 8.61. The van der Waals surface area contributed by atoms with Gasteiger partial charge in [0.15, 0.2) is 11.6 Å². The molecule has 0 spiro atoms. The first-order valence-electron chi connectivity index (χ1n) is 10.8. The van der Waals surface area contributed by atoms with Crippen LogP contribution < -0.4 is 15.6 Å². The summed E-state index contributed by atoms with van der Waals surface area (Å²) < 4.78 is 45.1. The Morgan fingerprint density at radius 2 is 2.03 bits per heavy atom. The van der Waals surface area contributed by atoms with Crippen LogP contribution in [0.25, 0.3) is 16.6 Å². The maximum absolute atomic E-state index is 16.0. The lowest BCUT2D eigenvalue weighted by molar-refractivity contribution is 0.0695. The van der Waals surface area contributed by atoms with Crippen LogP contribution in [0.1, 0.15) is 16.8 Å². The van der Waals surface area contributed by atoms with Gasteiger partial charge in [0.25, 0.3) is 0 Å². The first kappa shape index (κ1) is 22.1. The largest absolute Gasteiger partial charge is 0.477 e. The standard InChI is InChI=1S/C24H21F3N4O3/c1-28-18-4-2-3-12-9-30(10-15(12)18)23-20(27)21-14(8-29-23)22(32)16(24(33)34)11-31(21)19-6-5-13(25)7-17(19)26/h2,4-8,11-12,15,18,28H,3,9-10H2,1H3,(H,33,34)/t12-,15+,18-/m1/s1. The van der Waals surface area contributed by atoms with Gasteiger partial charge in [-0.3, -0.25) is 4.79 Å². The van der Waals surface area contributed by atoms with E-state index in [2.05, 4.69) is 22.5 Å². The molecule has 7 nitrogen and oxygen atoms in total. The zero-order valence-electron chi connectivity index (χ0n) is 18.1. The summed E-state index contributed by atoms with van der Waals surface area (Å²) in [5, 5.41) is 12.4. The lowest BCUT2D eigenvalue weighted by atomic mass is 9.82. The third-order valence-electron chi connectivity index (χ3n) is 6.73. The first-order valence-corrected chi connectivity index (χ1v) is 10.8. The molecule has 2 aromatic heterocycles. The van der Waals surface area contributed by atoms with E-state index in [9.17, 15) is 23.5 Å². The number of hydrogen-bond acceptors (Lipinski definition) is 5. The molecule has 0 radical (unpaired) electrons. The molecule has 1 aliphatic carbocycles. The average Bonchev–Trinajstić information content (AvgIpc) is 3.24. The van der Waals surface area contributed by atoms with E-state index in [0.717, 1.165) is 35.5 Å². The Morgan fingerprint density at radius 1 is 1.24 bits per heavy atom. The van der Waals surface area contributed by atoms with E-state index in [0.29, 0.717) is 19.2 Å². The number of likely N-dealkylation sites (N-methyl/N-ethyl adjacent to an activating group) is 1. The van der Waals surface area contributed by atoms with E-state index >= 15 is 4.39 Å². The monoisotopic (exact) mass is 470 g/mol. The fourth-order valence-electron chi connectivity index (χ4n) is 5.08. The van der Waals surface area contributed by atoms with E-state index in [1.165, 1.54) is 0 Å². The predicted molar refractivity (Wildman–Crippen MR) is 120 cm³/mol. The number of rotatable bonds is 4. The molecule has 0 unspecified atom stereocenters. The van der Waals surface area contributed by atoms with Crippen LogP contribution in [0.3, 0.4) is 0 Å². The molecule has 176 valence electrons. The van der Waals surface area contributed by atoms with Crippen molar-refractivity contribution in [1.82, 2.24) is 14.9 Å². The molecule has 1 aromatic carbocycles. The number of nitrogens with one attached hydrogen (secondary N) is 1. The summed E-state index contributed by atoms with van der Waals surface area (Å²) in [7, 11) is 1.87. The molecule has 10 heteroatoms. The van der Waals surface area contributed by atoms with Gasteiger partial charge in [-0.1, -0.05) is 12.2 Å². The van der Waals surface area contributed by atoms with Crippen molar-refractivity contribution in [1.29, 1.82) is 0 Å². The summed E-state index contributed by atoms with van der Waals surface area (Å²) in [5.74, 6) is -3.79. The third kappa shape index (κ3) is 3.45. The molecule has 2 aliphatic rings. The number of benzene rings is 1. The van der Waals surface area contributed by atoms with Gasteiger partial charge in [-0.15, -0.1) is 0 Å². The summed E-state index contributed by atoms with van der Waals surface area (Å²) in [6, 6.07) is 2.78. The van der Waals surface area contributed by atoms with Gasteiger partial charge in [0.05, 0.1) is 16.6 Å². The number of aromatic carboxylic acids is 1. The average molecular weight is 470 g/mol. The second-order valence-electron chi connectivity index (χ2n) is 8.61. The van der Waals surface area contributed by atoms with Gasteiger partial charge >= 0.3 is 5.97 Å². The summed E-state index contributed by atoms with van der Waals surface area (Å²) in [6.07, 6.45) is 7.02. The first-order chi connectivity index (χ1) is 16.3. The lowest BCUT2D eigenvalue weighted by Crippen LogP contribution is -2.38. The van der Waals surface area contributed by atoms with Gasteiger partial charge in [0.2, 0.25) is 5.43 Å². The van der Waals surface area contributed by atoms with Crippen LogP contribution in [0.2, 0.25) is 0 Å². The molecule has 3 atom stereocenters. The predicted octanol–water partition coefficient (Wildman–Crippen LogP) is 3.10. The Balaban J connectivity index is 1.70. The summed E-state index contributed by atoms with van der Waals surface area (Å²) in [4.78, 5) is 30.4. The van der Waals surface area contributed by atoms with Crippen LogP contribution in [0.4, 0.5) is 19.0 Å². The van der Waals surface area contributed by atoms with Crippen molar-refractivity contribution in [3.63, 3.8) is 0 Å². The Morgan fingerprint density at radius 3 is 2.74 bits per heavy atom. The van der Waals surface area contributed by atoms with Gasteiger partial charge in [-0.25, -0.2) is 22.9 Å². The van der Waals surface area contributed by atoms with Crippen molar-refractivity contribution in [3.8, 4) is 5.69 Å². The number of fused-ring (bicyclic) bond motifs is 2. The number of allylic oxidation sites excluding steroid dienone is 1. The number of pyridine rings is 2. The van der Waals surface area contributed by atoms with Crippen LogP contribution in [-0.2, 0) is 0 Å². The topological polar surface area (TPSA) is 87.5 Å². The Labute approximate surface area is 192 Å². The van der Waals surface area contributed by atoms with Crippen molar-refractivity contribution in [2.75, 3.05) is 25.0 Å². The molecule has 1 fully saturated rings. The summed E-state index contributed by atoms with van der Waals surface area (Å²) >= 11 is 0. The van der Waals surface area contributed by atoms with Gasteiger partial charge in [0, 0.05) is 43.5 Å². The minimum absolute atomic E-state index is 0.00417. The number of halogens is 3. The molecular weight excluding hydrogens is 449 g/mol. The number of aromatic nitrogens is 2.